The highest BCUT2D eigenvalue weighted by Crippen LogP contribution is 2.17. The topological polar surface area (TPSA) is 35.5 Å². The molecule has 0 fully saturated rings. The molecule has 0 aliphatic heterocycles. The van der Waals surface area contributed by atoms with E-state index in [1.54, 1.807) is 0 Å². The maximum absolute atomic E-state index is 13.4. The molecule has 0 aromatic heterocycles. The van der Waals surface area contributed by atoms with E-state index in [0.29, 0.717) is 18.5 Å². The summed E-state index contributed by atoms with van der Waals surface area (Å²) in [6.45, 7) is 7.44. The van der Waals surface area contributed by atoms with Crippen molar-refractivity contribution in [3.8, 4) is 5.75 Å². The fraction of sp³-hybridized carbons (Fsp3) is 0.462. The van der Waals surface area contributed by atoms with Crippen molar-refractivity contribution in [2.75, 3.05) is 13.4 Å². The minimum absolute atomic E-state index is 0.0296. The number of hydrogen-bond donors (Lipinski definition) is 0. The predicted molar refractivity (Wildman–Crippen MR) is 71.4 cm³/mol. The Morgan fingerprint density at radius 2 is 2.06 bits per heavy atom. The first kappa shape index (κ1) is 14.9. The number of ether oxygens (including phenoxy) is 2. The molecule has 0 saturated heterocycles. The van der Waals surface area contributed by atoms with E-state index in [0.717, 1.165) is 12.1 Å². The molecule has 0 radical (unpaired) electrons. The van der Waals surface area contributed by atoms with Crippen LogP contribution in [0.15, 0.2) is 18.2 Å². The van der Waals surface area contributed by atoms with Gasteiger partial charge in [0.25, 0.3) is 0 Å². The lowest BCUT2D eigenvalue weighted by Crippen LogP contribution is -2.22. The first-order valence-electron chi connectivity index (χ1n) is 5.88. The Morgan fingerprint density at radius 3 is 2.61 bits per heavy atom. The number of carbonyl (C=O) groups is 1. The molecule has 0 N–H and O–H groups in total. The second-order valence-corrected chi connectivity index (χ2v) is 10.9. The zero-order valence-electron chi connectivity index (χ0n) is 11.0. The van der Waals surface area contributed by atoms with Crippen LogP contribution in [0.2, 0.25) is 25.7 Å². The molecule has 0 bridgehead atoms. The Bertz CT molecular complexity index is 402. The van der Waals surface area contributed by atoms with E-state index in [2.05, 4.69) is 19.6 Å². The lowest BCUT2D eigenvalue weighted by atomic mass is 10.2. The predicted octanol–water partition coefficient (Wildman–Crippen LogP) is 3.33. The van der Waals surface area contributed by atoms with Gasteiger partial charge in [-0.2, -0.15) is 0 Å². The molecule has 1 aromatic carbocycles. The molecule has 0 amide bonds. The quantitative estimate of drug-likeness (QED) is 0.330. The van der Waals surface area contributed by atoms with Gasteiger partial charge in [-0.1, -0.05) is 19.6 Å². The number of aldehydes is 1. The minimum atomic E-state index is -1.10. The number of carbonyl (C=O) groups excluding carboxylic acids is 1. The number of hydrogen-bond acceptors (Lipinski definition) is 3. The number of halogens is 1. The van der Waals surface area contributed by atoms with Gasteiger partial charge < -0.3 is 9.47 Å². The summed E-state index contributed by atoms with van der Waals surface area (Å²) in [5, 5.41) is 0. The average Bonchev–Trinajstić information content (AvgIpc) is 2.29. The molecule has 0 unspecified atom stereocenters. The zero-order valence-corrected chi connectivity index (χ0v) is 12.0. The summed E-state index contributed by atoms with van der Waals surface area (Å²) in [7, 11) is -1.10. The van der Waals surface area contributed by atoms with Crippen LogP contribution in [-0.2, 0) is 4.74 Å². The van der Waals surface area contributed by atoms with Crippen molar-refractivity contribution in [1.82, 2.24) is 0 Å². The highest BCUT2D eigenvalue weighted by Gasteiger charge is 2.12. The molecular formula is C13H19FO3Si. The number of benzene rings is 1. The van der Waals surface area contributed by atoms with E-state index in [-0.39, 0.29) is 12.5 Å². The summed E-state index contributed by atoms with van der Waals surface area (Å²) in [6, 6.07) is 5.13. The third kappa shape index (κ3) is 5.42. The first-order chi connectivity index (χ1) is 8.42. The summed E-state index contributed by atoms with van der Waals surface area (Å²) < 4.78 is 23.9. The zero-order chi connectivity index (χ0) is 13.6. The fourth-order valence-corrected chi connectivity index (χ4v) is 2.01. The second-order valence-electron chi connectivity index (χ2n) is 5.29. The first-order valence-corrected chi connectivity index (χ1v) is 9.58. The Kier molecular flexibility index (Phi) is 5.49. The molecule has 0 spiro atoms. The summed E-state index contributed by atoms with van der Waals surface area (Å²) in [4.78, 5) is 10.4. The Balaban J connectivity index is 2.33. The van der Waals surface area contributed by atoms with Gasteiger partial charge in [-0.25, -0.2) is 4.39 Å². The van der Waals surface area contributed by atoms with Crippen LogP contribution in [0.5, 0.6) is 5.75 Å². The van der Waals surface area contributed by atoms with Crippen LogP contribution in [0.4, 0.5) is 4.39 Å². The van der Waals surface area contributed by atoms with Crippen LogP contribution in [-0.4, -0.2) is 27.8 Å². The molecule has 0 heterocycles. The van der Waals surface area contributed by atoms with Gasteiger partial charge in [-0.15, -0.1) is 0 Å². The van der Waals surface area contributed by atoms with Crippen molar-refractivity contribution in [2.45, 2.75) is 25.7 Å². The van der Waals surface area contributed by atoms with Crippen molar-refractivity contribution in [2.24, 2.45) is 0 Å². The highest BCUT2D eigenvalue weighted by atomic mass is 28.3. The van der Waals surface area contributed by atoms with E-state index in [4.69, 9.17) is 9.47 Å². The van der Waals surface area contributed by atoms with E-state index in [9.17, 15) is 9.18 Å². The molecule has 100 valence electrons. The largest absolute Gasteiger partial charge is 0.464 e. The van der Waals surface area contributed by atoms with Gasteiger partial charge in [0, 0.05) is 20.2 Å². The Labute approximate surface area is 108 Å². The van der Waals surface area contributed by atoms with Crippen LogP contribution in [0.1, 0.15) is 10.4 Å². The van der Waals surface area contributed by atoms with Crippen molar-refractivity contribution in [3.63, 3.8) is 0 Å². The van der Waals surface area contributed by atoms with Crippen molar-refractivity contribution in [3.05, 3.63) is 29.6 Å². The highest BCUT2D eigenvalue weighted by molar-refractivity contribution is 6.76. The second kappa shape index (κ2) is 6.66. The Morgan fingerprint density at radius 1 is 1.33 bits per heavy atom. The maximum atomic E-state index is 13.4. The number of rotatable bonds is 7. The van der Waals surface area contributed by atoms with E-state index in [1.807, 2.05) is 0 Å². The normalized spacial score (nSPS) is 11.3. The SMILES string of the molecule is C[Si](C)(C)CCOCOc1ccc(C=O)cc1F. The van der Waals surface area contributed by atoms with E-state index < -0.39 is 13.9 Å². The standard InChI is InChI=1S/C13H19FO3Si/c1-18(2,3)7-6-16-10-17-13-5-4-11(9-15)8-12(13)14/h4-5,8-9H,6-7,10H2,1-3H3. The van der Waals surface area contributed by atoms with Crippen molar-refractivity contribution < 1.29 is 18.7 Å². The molecule has 5 heteroatoms. The van der Waals surface area contributed by atoms with E-state index in [1.165, 1.54) is 12.1 Å². The molecule has 0 aliphatic carbocycles. The monoisotopic (exact) mass is 270 g/mol. The molecule has 3 nitrogen and oxygen atoms in total. The fourth-order valence-electron chi connectivity index (χ4n) is 1.25. The summed E-state index contributed by atoms with van der Waals surface area (Å²) in [5.74, 6) is -0.443. The van der Waals surface area contributed by atoms with Crippen LogP contribution in [0.3, 0.4) is 0 Å². The van der Waals surface area contributed by atoms with Gasteiger partial charge in [-0.3, -0.25) is 4.79 Å². The van der Waals surface area contributed by atoms with Gasteiger partial charge in [-0.05, 0) is 24.2 Å². The molecule has 1 aromatic rings. The van der Waals surface area contributed by atoms with Crippen LogP contribution >= 0.6 is 0 Å². The van der Waals surface area contributed by atoms with Gasteiger partial charge >= 0.3 is 0 Å². The van der Waals surface area contributed by atoms with Crippen molar-refractivity contribution >= 4 is 14.4 Å². The molecular weight excluding hydrogens is 251 g/mol. The third-order valence-electron chi connectivity index (χ3n) is 2.39. The average molecular weight is 270 g/mol. The summed E-state index contributed by atoms with van der Waals surface area (Å²) in [5.41, 5.74) is 0.291. The molecule has 0 aliphatic rings. The van der Waals surface area contributed by atoms with Crippen LogP contribution in [0.25, 0.3) is 0 Å². The van der Waals surface area contributed by atoms with Crippen LogP contribution in [0, 0.1) is 5.82 Å². The third-order valence-corrected chi connectivity index (χ3v) is 4.09. The summed E-state index contributed by atoms with van der Waals surface area (Å²) in [6.07, 6.45) is 0.595. The Hall–Kier alpha value is -1.20. The lowest BCUT2D eigenvalue weighted by molar-refractivity contribution is 0.0198. The van der Waals surface area contributed by atoms with Gasteiger partial charge in [0.1, 0.15) is 6.29 Å². The summed E-state index contributed by atoms with van der Waals surface area (Å²) >= 11 is 0. The lowest BCUT2D eigenvalue weighted by Gasteiger charge is -2.15. The molecule has 0 atom stereocenters. The maximum Gasteiger partial charge on any atom is 0.189 e. The van der Waals surface area contributed by atoms with Crippen molar-refractivity contribution in [1.29, 1.82) is 0 Å². The smallest absolute Gasteiger partial charge is 0.189 e. The van der Waals surface area contributed by atoms with Gasteiger partial charge in [0.2, 0.25) is 0 Å². The van der Waals surface area contributed by atoms with Gasteiger partial charge in [0.15, 0.2) is 18.4 Å². The minimum Gasteiger partial charge on any atom is -0.464 e. The van der Waals surface area contributed by atoms with Gasteiger partial charge in [0.05, 0.1) is 0 Å². The molecule has 18 heavy (non-hydrogen) atoms. The molecule has 0 saturated carbocycles. The van der Waals surface area contributed by atoms with E-state index >= 15 is 0 Å². The molecule has 1 rings (SSSR count). The van der Waals surface area contributed by atoms with Crippen LogP contribution < -0.4 is 4.74 Å².